The zero-order chi connectivity index (χ0) is 22.2. The van der Waals surface area contributed by atoms with Crippen LogP contribution in [0.1, 0.15) is 45.1 Å². The molecule has 6 nitrogen and oxygen atoms in total. The van der Waals surface area contributed by atoms with Crippen LogP contribution in [0.2, 0.25) is 0 Å². The molecule has 3 aliphatic rings. The molecule has 2 saturated heterocycles. The van der Waals surface area contributed by atoms with Crippen LogP contribution >= 0.6 is 0 Å². The van der Waals surface area contributed by atoms with Crippen molar-refractivity contribution < 1.29 is 23.1 Å². The van der Waals surface area contributed by atoms with Crippen molar-refractivity contribution in [3.63, 3.8) is 0 Å². The Hall–Kier alpha value is -2.22. The van der Waals surface area contributed by atoms with Crippen LogP contribution < -0.4 is 4.90 Å². The molecule has 2 amide bonds. The number of amides is 2. The van der Waals surface area contributed by atoms with Crippen LogP contribution in [0.25, 0.3) is 0 Å². The number of nitrogens with zero attached hydrogens (tertiary/aromatic N) is 3. The second kappa shape index (κ2) is 8.73. The number of fused-ring (bicyclic) bond motifs is 2. The lowest BCUT2D eigenvalue weighted by atomic mass is 9.74. The van der Waals surface area contributed by atoms with Gasteiger partial charge in [0.15, 0.2) is 0 Å². The van der Waals surface area contributed by atoms with Crippen molar-refractivity contribution >= 4 is 17.7 Å². The first-order valence-electron chi connectivity index (χ1n) is 11.2. The van der Waals surface area contributed by atoms with Crippen LogP contribution in [0.15, 0.2) is 12.1 Å². The van der Waals surface area contributed by atoms with Crippen molar-refractivity contribution in [2.75, 3.05) is 50.8 Å². The highest BCUT2D eigenvalue weighted by Crippen LogP contribution is 2.48. The molecule has 0 aromatic heterocycles. The van der Waals surface area contributed by atoms with Gasteiger partial charge < -0.3 is 19.4 Å². The number of likely N-dealkylation sites (tertiary alicyclic amines) is 2. The summed E-state index contributed by atoms with van der Waals surface area (Å²) in [7, 11) is 0. The summed E-state index contributed by atoms with van der Waals surface area (Å²) in [6.07, 6.45) is 3.23. The Bertz CT molecular complexity index is 847. The van der Waals surface area contributed by atoms with E-state index in [0.717, 1.165) is 64.5 Å². The summed E-state index contributed by atoms with van der Waals surface area (Å²) in [5, 5.41) is 0. The van der Waals surface area contributed by atoms with E-state index in [1.54, 1.807) is 4.90 Å². The van der Waals surface area contributed by atoms with Gasteiger partial charge >= 0.3 is 6.09 Å². The first kappa shape index (κ1) is 22.0. The lowest BCUT2D eigenvalue weighted by Gasteiger charge is -2.42. The van der Waals surface area contributed by atoms with Crippen molar-refractivity contribution in [2.45, 2.75) is 44.9 Å². The van der Waals surface area contributed by atoms with E-state index in [1.165, 1.54) is 17.9 Å². The third-order valence-electron chi connectivity index (χ3n) is 7.18. The van der Waals surface area contributed by atoms with E-state index in [9.17, 15) is 18.4 Å². The molecule has 0 saturated carbocycles. The number of piperidine rings is 2. The summed E-state index contributed by atoms with van der Waals surface area (Å²) in [5.41, 5.74) is 0.518. The summed E-state index contributed by atoms with van der Waals surface area (Å²) in [5.74, 6) is -0.923. The molecule has 1 aromatic rings. The predicted octanol–water partition coefficient (Wildman–Crippen LogP) is 3.53. The lowest BCUT2D eigenvalue weighted by molar-refractivity contribution is -0.116. The average Bonchev–Trinajstić information content (AvgIpc) is 3.05. The Balaban J connectivity index is 1.37. The normalized spacial score (nSPS) is 21.4. The molecule has 3 heterocycles. The number of hydrogen-bond acceptors (Lipinski definition) is 4. The molecule has 0 unspecified atom stereocenters. The molecular formula is C23H31F2N3O3. The fourth-order valence-corrected chi connectivity index (χ4v) is 5.45. The Kier molecular flexibility index (Phi) is 6.19. The molecule has 170 valence electrons. The van der Waals surface area contributed by atoms with E-state index in [2.05, 4.69) is 4.90 Å². The standard InChI is InChI=1S/C23H31F2N3O3/c1-3-31-22(30)27-8-4-17(5-9-27)14-26-10-6-23(7-11-26)15-28(16(2)29)21-19(23)12-18(24)13-20(21)25/h12-13,17H,3-11,14-15H2,1-2H3. The smallest absolute Gasteiger partial charge is 0.409 e. The number of carbonyl (C=O) groups is 2. The molecule has 1 spiro atoms. The molecule has 2 fully saturated rings. The van der Waals surface area contributed by atoms with Crippen LogP contribution in [0.4, 0.5) is 19.3 Å². The molecule has 3 aliphatic heterocycles. The van der Waals surface area contributed by atoms with Crippen LogP contribution in [-0.4, -0.2) is 67.7 Å². The second-order valence-electron chi connectivity index (χ2n) is 9.10. The minimum atomic E-state index is -0.655. The molecule has 0 aliphatic carbocycles. The number of hydrogen-bond donors (Lipinski definition) is 0. The van der Waals surface area contributed by atoms with Gasteiger partial charge in [-0.25, -0.2) is 13.6 Å². The topological polar surface area (TPSA) is 53.1 Å². The van der Waals surface area contributed by atoms with Gasteiger partial charge in [-0.1, -0.05) is 0 Å². The third-order valence-corrected chi connectivity index (χ3v) is 7.18. The van der Waals surface area contributed by atoms with Crippen LogP contribution in [0.5, 0.6) is 0 Å². The first-order chi connectivity index (χ1) is 14.8. The summed E-state index contributed by atoms with van der Waals surface area (Å²) in [6.45, 7) is 8.15. The summed E-state index contributed by atoms with van der Waals surface area (Å²) in [6, 6.07) is 2.29. The predicted molar refractivity (Wildman–Crippen MR) is 113 cm³/mol. The highest BCUT2D eigenvalue weighted by atomic mass is 19.1. The minimum absolute atomic E-state index is 0.209. The van der Waals surface area contributed by atoms with Crippen molar-refractivity contribution in [3.05, 3.63) is 29.3 Å². The molecule has 0 atom stereocenters. The van der Waals surface area contributed by atoms with E-state index in [-0.39, 0.29) is 23.1 Å². The number of benzene rings is 1. The first-order valence-corrected chi connectivity index (χ1v) is 11.2. The molecule has 0 N–H and O–H groups in total. The highest BCUT2D eigenvalue weighted by molar-refractivity contribution is 5.95. The zero-order valence-electron chi connectivity index (χ0n) is 18.3. The van der Waals surface area contributed by atoms with Gasteiger partial charge in [0.05, 0.1) is 12.3 Å². The summed E-state index contributed by atoms with van der Waals surface area (Å²) >= 11 is 0. The Morgan fingerprint density at radius 1 is 1.13 bits per heavy atom. The maximum atomic E-state index is 14.5. The van der Waals surface area contributed by atoms with Gasteiger partial charge in [-0.2, -0.15) is 0 Å². The molecule has 1 aromatic carbocycles. The van der Waals surface area contributed by atoms with Gasteiger partial charge in [-0.05, 0) is 63.2 Å². The summed E-state index contributed by atoms with van der Waals surface area (Å²) in [4.78, 5) is 29.7. The average molecular weight is 436 g/mol. The lowest BCUT2D eigenvalue weighted by Crippen LogP contribution is -2.48. The summed E-state index contributed by atoms with van der Waals surface area (Å²) < 4.78 is 33.6. The van der Waals surface area contributed by atoms with E-state index < -0.39 is 11.6 Å². The van der Waals surface area contributed by atoms with E-state index in [1.807, 2.05) is 6.92 Å². The zero-order valence-corrected chi connectivity index (χ0v) is 18.3. The Morgan fingerprint density at radius 2 is 1.81 bits per heavy atom. The monoisotopic (exact) mass is 435 g/mol. The van der Waals surface area contributed by atoms with E-state index in [4.69, 9.17) is 4.74 Å². The molecule has 31 heavy (non-hydrogen) atoms. The SMILES string of the molecule is CCOC(=O)N1CCC(CN2CCC3(CC2)CN(C(C)=O)c2c(F)cc(F)cc23)CC1. The molecule has 0 radical (unpaired) electrons. The van der Waals surface area contributed by atoms with Gasteiger partial charge in [-0.15, -0.1) is 0 Å². The molecule has 8 heteroatoms. The molecule has 0 bridgehead atoms. The third kappa shape index (κ3) is 4.27. The van der Waals surface area contributed by atoms with Gasteiger partial charge in [0.1, 0.15) is 11.6 Å². The molecule has 4 rings (SSSR count). The van der Waals surface area contributed by atoms with Crippen molar-refractivity contribution in [1.82, 2.24) is 9.80 Å². The second-order valence-corrected chi connectivity index (χ2v) is 9.10. The van der Waals surface area contributed by atoms with Crippen LogP contribution in [0, 0.1) is 17.6 Å². The molecular weight excluding hydrogens is 404 g/mol. The highest BCUT2D eigenvalue weighted by Gasteiger charge is 2.47. The fraction of sp³-hybridized carbons (Fsp3) is 0.652. The van der Waals surface area contributed by atoms with Gasteiger partial charge in [0.2, 0.25) is 5.91 Å². The van der Waals surface area contributed by atoms with Crippen molar-refractivity contribution in [1.29, 1.82) is 0 Å². The maximum Gasteiger partial charge on any atom is 0.409 e. The van der Waals surface area contributed by atoms with Gasteiger partial charge in [0.25, 0.3) is 0 Å². The number of rotatable bonds is 3. The number of anilines is 1. The Labute approximate surface area is 182 Å². The number of carbonyl (C=O) groups excluding carboxylic acids is 2. The quantitative estimate of drug-likeness (QED) is 0.729. The van der Waals surface area contributed by atoms with Crippen molar-refractivity contribution in [3.8, 4) is 0 Å². The number of halogens is 2. The minimum Gasteiger partial charge on any atom is -0.450 e. The van der Waals surface area contributed by atoms with Gasteiger partial charge in [0, 0.05) is 44.6 Å². The van der Waals surface area contributed by atoms with Crippen LogP contribution in [0.3, 0.4) is 0 Å². The van der Waals surface area contributed by atoms with E-state index in [0.29, 0.717) is 24.6 Å². The van der Waals surface area contributed by atoms with Gasteiger partial charge in [-0.3, -0.25) is 4.79 Å². The van der Waals surface area contributed by atoms with E-state index >= 15 is 0 Å². The van der Waals surface area contributed by atoms with Crippen LogP contribution in [-0.2, 0) is 14.9 Å². The maximum absolute atomic E-state index is 14.5. The van der Waals surface area contributed by atoms with Crippen molar-refractivity contribution in [2.24, 2.45) is 5.92 Å². The fourth-order valence-electron chi connectivity index (χ4n) is 5.45. The number of ether oxygens (including phenoxy) is 1. The Morgan fingerprint density at radius 3 is 2.42 bits per heavy atom. The largest absolute Gasteiger partial charge is 0.450 e.